The standard InChI is InChI=1S/C12H26O4S.Sr.2H/c1-2-3-4-5-6-7-8-9-10-11-12-16-17(13,14)15;;;/h2-12H2,1H3,(H,13,14,15);;;. The van der Waals surface area contributed by atoms with Gasteiger partial charge >= 0.3 is 55.9 Å². The summed E-state index contributed by atoms with van der Waals surface area (Å²) in [4.78, 5) is 0. The van der Waals surface area contributed by atoms with Gasteiger partial charge < -0.3 is 0 Å². The molecular formula is C12H28O4SSr. The number of hydrogen-bond acceptors (Lipinski definition) is 3. The van der Waals surface area contributed by atoms with E-state index in [1.54, 1.807) is 0 Å². The Hall–Kier alpha value is 1.35. The van der Waals surface area contributed by atoms with Crippen molar-refractivity contribution in [1.29, 1.82) is 0 Å². The van der Waals surface area contributed by atoms with E-state index in [0.29, 0.717) is 6.42 Å². The van der Waals surface area contributed by atoms with Crippen molar-refractivity contribution < 1.29 is 17.2 Å². The van der Waals surface area contributed by atoms with Crippen molar-refractivity contribution in [3.8, 4) is 0 Å². The van der Waals surface area contributed by atoms with Crippen molar-refractivity contribution >= 4 is 55.9 Å². The SMILES string of the molecule is CCCCCCCCCCCCOS(=O)(=O)O.[SrH2]. The van der Waals surface area contributed by atoms with Crippen LogP contribution in [0.15, 0.2) is 0 Å². The van der Waals surface area contributed by atoms with Gasteiger partial charge in [-0.1, -0.05) is 64.7 Å². The molecule has 0 bridgehead atoms. The summed E-state index contributed by atoms with van der Waals surface area (Å²) in [6.07, 6.45) is 11.9. The second-order valence-electron chi connectivity index (χ2n) is 4.43. The van der Waals surface area contributed by atoms with E-state index in [1.165, 1.54) is 44.9 Å². The van der Waals surface area contributed by atoms with E-state index >= 15 is 0 Å². The van der Waals surface area contributed by atoms with Crippen LogP contribution in [0.5, 0.6) is 0 Å². The summed E-state index contributed by atoms with van der Waals surface area (Å²) in [6.45, 7) is 2.31. The molecule has 0 heterocycles. The molecule has 0 aromatic carbocycles. The zero-order valence-corrected chi connectivity index (χ0v) is 11.7. The molecule has 0 spiro atoms. The van der Waals surface area contributed by atoms with Crippen molar-refractivity contribution in [3.05, 3.63) is 0 Å². The van der Waals surface area contributed by atoms with E-state index in [4.69, 9.17) is 4.55 Å². The molecule has 4 nitrogen and oxygen atoms in total. The number of unbranched alkanes of at least 4 members (excludes halogenated alkanes) is 9. The third-order valence-corrected chi connectivity index (χ3v) is 3.19. The van der Waals surface area contributed by atoms with E-state index in [2.05, 4.69) is 11.1 Å². The van der Waals surface area contributed by atoms with Crippen LogP contribution in [-0.4, -0.2) is 65.1 Å². The molecule has 0 amide bonds. The van der Waals surface area contributed by atoms with E-state index in [1.807, 2.05) is 0 Å². The Morgan fingerprint density at radius 2 is 1.22 bits per heavy atom. The van der Waals surface area contributed by atoms with E-state index in [0.717, 1.165) is 12.8 Å². The van der Waals surface area contributed by atoms with E-state index < -0.39 is 10.4 Å². The third kappa shape index (κ3) is 19.7. The van der Waals surface area contributed by atoms with Gasteiger partial charge in [0.2, 0.25) is 0 Å². The zero-order chi connectivity index (χ0) is 13.0. The van der Waals surface area contributed by atoms with Gasteiger partial charge in [-0.2, -0.15) is 8.42 Å². The predicted molar refractivity (Wildman–Crippen MR) is 77.9 cm³/mol. The molecule has 0 fully saturated rings. The normalized spacial score (nSPS) is 11.2. The Morgan fingerprint density at radius 3 is 1.61 bits per heavy atom. The summed E-state index contributed by atoms with van der Waals surface area (Å²) in [6, 6.07) is 0. The molecular weight excluding hydrogens is 328 g/mol. The minimum absolute atomic E-state index is 0. The number of rotatable bonds is 12. The van der Waals surface area contributed by atoms with Crippen LogP contribution in [0.4, 0.5) is 0 Å². The molecule has 0 saturated carbocycles. The molecule has 0 rings (SSSR count). The first kappa shape index (κ1) is 21.6. The van der Waals surface area contributed by atoms with Crippen LogP contribution in [0.25, 0.3) is 0 Å². The van der Waals surface area contributed by atoms with Crippen molar-refractivity contribution in [2.24, 2.45) is 0 Å². The maximum absolute atomic E-state index is 10.2. The van der Waals surface area contributed by atoms with Crippen molar-refractivity contribution in [3.63, 3.8) is 0 Å². The maximum atomic E-state index is 10.2. The zero-order valence-electron chi connectivity index (χ0n) is 10.9. The second kappa shape index (κ2) is 14.8. The summed E-state index contributed by atoms with van der Waals surface area (Å²) in [5.41, 5.74) is 0. The second-order valence-corrected chi connectivity index (χ2v) is 5.52. The quantitative estimate of drug-likeness (QED) is 0.332. The molecule has 0 saturated heterocycles. The molecule has 0 aromatic rings. The summed E-state index contributed by atoms with van der Waals surface area (Å²) < 4.78 is 33.0. The van der Waals surface area contributed by atoms with Crippen LogP contribution in [-0.2, 0) is 14.6 Å². The summed E-state index contributed by atoms with van der Waals surface area (Å²) in [7, 11) is -4.23. The summed E-state index contributed by atoms with van der Waals surface area (Å²) in [5.74, 6) is 0. The topological polar surface area (TPSA) is 63.6 Å². The fourth-order valence-corrected chi connectivity index (χ4v) is 2.08. The Kier molecular flexibility index (Phi) is 17.7. The van der Waals surface area contributed by atoms with Gasteiger partial charge in [0.25, 0.3) is 0 Å². The van der Waals surface area contributed by atoms with Crippen LogP contribution >= 0.6 is 0 Å². The van der Waals surface area contributed by atoms with E-state index in [9.17, 15) is 8.42 Å². The molecule has 1 N–H and O–H groups in total. The van der Waals surface area contributed by atoms with Crippen LogP contribution < -0.4 is 0 Å². The molecule has 0 aliphatic rings. The van der Waals surface area contributed by atoms with Gasteiger partial charge in [-0.25, -0.2) is 4.18 Å². The molecule has 6 heteroatoms. The Morgan fingerprint density at radius 1 is 0.833 bits per heavy atom. The van der Waals surface area contributed by atoms with Crippen molar-refractivity contribution in [1.82, 2.24) is 0 Å². The van der Waals surface area contributed by atoms with Crippen molar-refractivity contribution in [2.45, 2.75) is 71.1 Å². The first-order valence-corrected chi connectivity index (χ1v) is 8.04. The molecule has 18 heavy (non-hydrogen) atoms. The van der Waals surface area contributed by atoms with Crippen LogP contribution in [0.3, 0.4) is 0 Å². The fraction of sp³-hybridized carbons (Fsp3) is 1.00. The average Bonchev–Trinajstić information content (AvgIpc) is 2.24. The van der Waals surface area contributed by atoms with E-state index in [-0.39, 0.29) is 52.1 Å². The van der Waals surface area contributed by atoms with Gasteiger partial charge in [0.05, 0.1) is 6.61 Å². The Bertz CT molecular complexity index is 255. The minimum atomic E-state index is -4.23. The summed E-state index contributed by atoms with van der Waals surface area (Å²) in [5, 5.41) is 0. The Labute approximate surface area is 149 Å². The summed E-state index contributed by atoms with van der Waals surface area (Å²) >= 11 is 0. The van der Waals surface area contributed by atoms with Gasteiger partial charge in [0.1, 0.15) is 0 Å². The third-order valence-electron chi connectivity index (χ3n) is 2.73. The number of hydrogen-bond donors (Lipinski definition) is 1. The first-order valence-electron chi connectivity index (χ1n) is 6.68. The first-order chi connectivity index (χ1) is 8.06. The van der Waals surface area contributed by atoms with Gasteiger partial charge in [-0.3, -0.25) is 4.55 Å². The molecule has 0 aliphatic heterocycles. The van der Waals surface area contributed by atoms with Gasteiger partial charge in [-0.05, 0) is 6.42 Å². The molecule has 0 atom stereocenters. The van der Waals surface area contributed by atoms with Crippen molar-refractivity contribution in [2.75, 3.05) is 6.61 Å². The van der Waals surface area contributed by atoms with Crippen LogP contribution in [0.1, 0.15) is 71.1 Å². The average molecular weight is 356 g/mol. The van der Waals surface area contributed by atoms with Gasteiger partial charge in [0.15, 0.2) is 0 Å². The monoisotopic (exact) mass is 356 g/mol. The van der Waals surface area contributed by atoms with Gasteiger partial charge in [-0.15, -0.1) is 0 Å². The molecule has 0 aliphatic carbocycles. The van der Waals surface area contributed by atoms with Crippen LogP contribution in [0.2, 0.25) is 0 Å². The Balaban J connectivity index is 0. The molecule has 108 valence electrons. The molecule has 0 radical (unpaired) electrons. The predicted octanol–water partition coefficient (Wildman–Crippen LogP) is 2.81. The van der Waals surface area contributed by atoms with Gasteiger partial charge in [0, 0.05) is 0 Å². The molecule has 0 aromatic heterocycles. The van der Waals surface area contributed by atoms with Crippen LogP contribution in [0, 0.1) is 0 Å². The fourth-order valence-electron chi connectivity index (χ4n) is 1.75. The molecule has 0 unspecified atom stereocenters.